The Hall–Kier alpha value is -1.44. The molecule has 2 N–H and O–H groups in total. The second-order valence-electron chi connectivity index (χ2n) is 6.72. The van der Waals surface area contributed by atoms with Crippen molar-refractivity contribution in [2.75, 3.05) is 42.6 Å². The summed E-state index contributed by atoms with van der Waals surface area (Å²) >= 11 is 0. The van der Waals surface area contributed by atoms with Crippen LogP contribution in [0.3, 0.4) is 0 Å². The summed E-state index contributed by atoms with van der Waals surface area (Å²) in [6.45, 7) is 6.75. The fourth-order valence-electron chi connectivity index (χ4n) is 3.83. The first-order valence-corrected chi connectivity index (χ1v) is 8.56. The van der Waals surface area contributed by atoms with Gasteiger partial charge in [-0.3, -0.25) is 0 Å². The monoisotopic (exact) mass is 319 g/mol. The molecular weight excluding hydrogens is 294 g/mol. The molecule has 3 fully saturated rings. The zero-order valence-electron chi connectivity index (χ0n) is 13.6. The van der Waals surface area contributed by atoms with Gasteiger partial charge >= 0.3 is 0 Å². The molecule has 0 aliphatic carbocycles. The van der Waals surface area contributed by atoms with Gasteiger partial charge < -0.3 is 25.0 Å². The van der Waals surface area contributed by atoms with Crippen molar-refractivity contribution in [1.82, 2.24) is 10.2 Å². The lowest BCUT2D eigenvalue weighted by Gasteiger charge is -2.37. The van der Waals surface area contributed by atoms with Crippen LogP contribution in [-0.2, 0) is 16.0 Å². The van der Waals surface area contributed by atoms with Crippen LogP contribution < -0.4 is 15.5 Å². The van der Waals surface area contributed by atoms with Crippen LogP contribution in [-0.4, -0.2) is 61.3 Å². The first-order valence-electron chi connectivity index (χ1n) is 8.56. The first kappa shape index (κ1) is 15.1. The minimum absolute atomic E-state index is 0.326. The molecule has 4 rings (SSSR count). The number of rotatable bonds is 3. The number of fused-ring (bicyclic) bond motifs is 2. The maximum absolute atomic E-state index is 5.92. The van der Waals surface area contributed by atoms with Gasteiger partial charge in [-0.1, -0.05) is 0 Å². The summed E-state index contributed by atoms with van der Waals surface area (Å²) in [5.74, 6) is 0.941. The van der Waals surface area contributed by atoms with Crippen molar-refractivity contribution in [3.05, 3.63) is 11.8 Å². The maximum Gasteiger partial charge on any atom is 0.153 e. The molecule has 0 amide bonds. The van der Waals surface area contributed by atoms with Crippen molar-refractivity contribution in [3.8, 4) is 0 Å². The van der Waals surface area contributed by atoms with Gasteiger partial charge in [-0.05, 0) is 19.8 Å². The second kappa shape index (κ2) is 6.22. The summed E-state index contributed by atoms with van der Waals surface area (Å²) in [5, 5.41) is 8.85. The van der Waals surface area contributed by atoms with Crippen molar-refractivity contribution >= 4 is 11.5 Å². The SMILES string of the molecule is CC1COCCN1c1cc(N2CC3CCC(C2)O3)nnc1CN. The third kappa shape index (κ3) is 2.88. The van der Waals surface area contributed by atoms with Crippen LogP contribution >= 0.6 is 0 Å². The summed E-state index contributed by atoms with van der Waals surface area (Å²) in [4.78, 5) is 4.66. The Morgan fingerprint density at radius 3 is 2.74 bits per heavy atom. The Balaban J connectivity index is 1.62. The average Bonchev–Trinajstić information content (AvgIpc) is 2.93. The van der Waals surface area contributed by atoms with Gasteiger partial charge in [0, 0.05) is 38.3 Å². The second-order valence-corrected chi connectivity index (χ2v) is 6.72. The highest BCUT2D eigenvalue weighted by molar-refractivity contribution is 5.58. The number of anilines is 2. The van der Waals surface area contributed by atoms with Crippen LogP contribution in [0, 0.1) is 0 Å². The van der Waals surface area contributed by atoms with E-state index in [9.17, 15) is 0 Å². The van der Waals surface area contributed by atoms with Crippen LogP contribution in [0.4, 0.5) is 11.5 Å². The maximum atomic E-state index is 5.92. The van der Waals surface area contributed by atoms with Crippen molar-refractivity contribution in [2.24, 2.45) is 5.73 Å². The van der Waals surface area contributed by atoms with E-state index in [2.05, 4.69) is 33.0 Å². The van der Waals surface area contributed by atoms with Crippen molar-refractivity contribution < 1.29 is 9.47 Å². The predicted molar refractivity (Wildman–Crippen MR) is 87.7 cm³/mol. The minimum atomic E-state index is 0.326. The normalized spacial score (nSPS) is 30.8. The van der Waals surface area contributed by atoms with Gasteiger partial charge in [0.25, 0.3) is 0 Å². The number of hydrogen-bond acceptors (Lipinski definition) is 7. The number of hydrogen-bond donors (Lipinski definition) is 1. The number of morpholine rings is 2. The highest BCUT2D eigenvalue weighted by Gasteiger charge is 2.35. The minimum Gasteiger partial charge on any atom is -0.377 e. The quantitative estimate of drug-likeness (QED) is 0.870. The van der Waals surface area contributed by atoms with E-state index in [0.29, 0.717) is 24.8 Å². The Labute approximate surface area is 136 Å². The highest BCUT2D eigenvalue weighted by Crippen LogP contribution is 2.31. The number of aromatic nitrogens is 2. The molecule has 1 aromatic rings. The van der Waals surface area contributed by atoms with E-state index >= 15 is 0 Å². The molecule has 3 aliphatic heterocycles. The molecule has 0 aromatic carbocycles. The fraction of sp³-hybridized carbons (Fsp3) is 0.750. The van der Waals surface area contributed by atoms with Gasteiger partial charge in [0.15, 0.2) is 5.82 Å². The molecule has 23 heavy (non-hydrogen) atoms. The zero-order chi connectivity index (χ0) is 15.8. The topological polar surface area (TPSA) is 76.7 Å². The van der Waals surface area contributed by atoms with Gasteiger partial charge in [-0.2, -0.15) is 0 Å². The average molecular weight is 319 g/mol. The summed E-state index contributed by atoms with van der Waals surface area (Å²) in [7, 11) is 0. The number of ether oxygens (including phenoxy) is 2. The zero-order valence-corrected chi connectivity index (χ0v) is 13.6. The van der Waals surface area contributed by atoms with Crippen molar-refractivity contribution in [3.63, 3.8) is 0 Å². The molecule has 2 bridgehead atoms. The Morgan fingerprint density at radius 2 is 2.04 bits per heavy atom. The summed E-state index contributed by atoms with van der Waals surface area (Å²) in [6, 6.07) is 2.48. The number of nitrogens with zero attached hydrogens (tertiary/aromatic N) is 4. The Bertz CT molecular complexity index is 557. The standard InChI is InChI=1S/C16H25N5O2/c1-11-10-22-5-4-21(11)15-6-16(19-18-14(15)7-17)20-8-12-2-3-13(9-20)23-12/h6,11-13H,2-5,7-10,17H2,1H3. The molecule has 3 atom stereocenters. The summed E-state index contributed by atoms with van der Waals surface area (Å²) in [6.07, 6.45) is 3.00. The van der Waals surface area contributed by atoms with E-state index in [0.717, 1.165) is 62.9 Å². The van der Waals surface area contributed by atoms with E-state index in [1.807, 2.05) is 0 Å². The summed E-state index contributed by atoms with van der Waals surface area (Å²) < 4.78 is 11.5. The van der Waals surface area contributed by atoms with Crippen molar-refractivity contribution in [1.29, 1.82) is 0 Å². The largest absolute Gasteiger partial charge is 0.377 e. The van der Waals surface area contributed by atoms with Gasteiger partial charge in [0.2, 0.25) is 0 Å². The van der Waals surface area contributed by atoms with E-state index in [4.69, 9.17) is 15.2 Å². The lowest BCUT2D eigenvalue weighted by molar-refractivity contribution is 0.0301. The van der Waals surface area contributed by atoms with Crippen LogP contribution in [0.25, 0.3) is 0 Å². The van der Waals surface area contributed by atoms with E-state index in [1.165, 1.54) is 0 Å². The molecule has 0 saturated carbocycles. The fourth-order valence-corrected chi connectivity index (χ4v) is 3.83. The molecule has 4 heterocycles. The van der Waals surface area contributed by atoms with Gasteiger partial charge in [-0.25, -0.2) is 0 Å². The van der Waals surface area contributed by atoms with E-state index in [1.54, 1.807) is 0 Å². The third-order valence-corrected chi connectivity index (χ3v) is 5.07. The van der Waals surface area contributed by atoms with Crippen LogP contribution in [0.15, 0.2) is 6.07 Å². The van der Waals surface area contributed by atoms with Crippen LogP contribution in [0.5, 0.6) is 0 Å². The molecule has 7 heteroatoms. The Kier molecular flexibility index (Phi) is 4.09. The molecule has 7 nitrogen and oxygen atoms in total. The molecule has 3 aliphatic rings. The Morgan fingerprint density at radius 1 is 1.26 bits per heavy atom. The molecule has 1 aromatic heterocycles. The van der Waals surface area contributed by atoms with Gasteiger partial charge in [-0.15, -0.1) is 10.2 Å². The highest BCUT2D eigenvalue weighted by atomic mass is 16.5. The van der Waals surface area contributed by atoms with E-state index < -0.39 is 0 Å². The number of nitrogens with two attached hydrogens (primary N) is 1. The summed E-state index contributed by atoms with van der Waals surface area (Å²) in [5.41, 5.74) is 7.86. The van der Waals surface area contributed by atoms with E-state index in [-0.39, 0.29) is 0 Å². The first-order chi connectivity index (χ1) is 11.2. The molecule has 3 unspecified atom stereocenters. The molecular formula is C16H25N5O2. The smallest absolute Gasteiger partial charge is 0.153 e. The van der Waals surface area contributed by atoms with Crippen molar-refractivity contribution in [2.45, 2.75) is 44.6 Å². The van der Waals surface area contributed by atoms with Gasteiger partial charge in [0.1, 0.15) is 5.69 Å². The van der Waals surface area contributed by atoms with Gasteiger partial charge in [0.05, 0.1) is 31.1 Å². The molecule has 0 radical (unpaired) electrons. The molecule has 0 spiro atoms. The lowest BCUT2D eigenvalue weighted by Crippen LogP contribution is -2.45. The molecule has 126 valence electrons. The third-order valence-electron chi connectivity index (χ3n) is 5.07. The van der Waals surface area contributed by atoms with Crippen LogP contribution in [0.2, 0.25) is 0 Å². The lowest BCUT2D eigenvalue weighted by atomic mass is 10.2. The predicted octanol–water partition coefficient (Wildman–Crippen LogP) is 0.528. The van der Waals surface area contributed by atoms with Crippen LogP contribution in [0.1, 0.15) is 25.5 Å². The molecule has 3 saturated heterocycles.